The molecule has 2 aromatic carbocycles. The summed E-state index contributed by atoms with van der Waals surface area (Å²) in [5.74, 6) is -0.985. The highest BCUT2D eigenvalue weighted by molar-refractivity contribution is 5.96. The van der Waals surface area contributed by atoms with Crippen molar-refractivity contribution in [1.29, 1.82) is 0 Å². The van der Waals surface area contributed by atoms with E-state index in [9.17, 15) is 28.5 Å². The minimum atomic E-state index is -3.00. The predicted octanol–water partition coefficient (Wildman–Crippen LogP) is 3.86. The molecule has 0 saturated heterocycles. The minimum absolute atomic E-state index is 0.0378. The molecule has 1 amide bonds. The smallest absolute Gasteiger partial charge is 0.419 e. The molecule has 0 N–H and O–H groups in total. The molecule has 1 aliphatic heterocycles. The van der Waals surface area contributed by atoms with E-state index >= 15 is 0 Å². The number of ether oxygens (including phenoxy) is 1. The van der Waals surface area contributed by atoms with Crippen LogP contribution in [0.1, 0.15) is 24.8 Å². The summed E-state index contributed by atoms with van der Waals surface area (Å²) in [6.07, 6.45) is 1.70. The lowest BCUT2D eigenvalue weighted by molar-refractivity contribution is -0.384. The fraction of sp³-hybridized carbons (Fsp3) is 0.333. The van der Waals surface area contributed by atoms with Gasteiger partial charge in [0.25, 0.3) is 5.69 Å². The first-order chi connectivity index (χ1) is 15.3. The Balaban J connectivity index is 1.49. The molecule has 2 heterocycles. The molecule has 0 spiro atoms. The average Bonchev–Trinajstić information content (AvgIpc) is 3.07. The van der Waals surface area contributed by atoms with Gasteiger partial charge in [0.15, 0.2) is 5.58 Å². The van der Waals surface area contributed by atoms with Crippen molar-refractivity contribution in [2.24, 2.45) is 0 Å². The highest BCUT2D eigenvalue weighted by Crippen LogP contribution is 2.37. The topological polar surface area (TPSA) is 108 Å². The SMILES string of the molecule is O=C(CCCn1c(=O)oc2cc([N+](=O)[O-])ccc21)N1CCCc2cccc(OC(F)F)c21. The highest BCUT2D eigenvalue weighted by Gasteiger charge is 2.27. The molecule has 1 aromatic heterocycles. The average molecular weight is 447 g/mol. The van der Waals surface area contributed by atoms with E-state index in [4.69, 9.17) is 4.42 Å². The number of alkyl halides is 2. The van der Waals surface area contributed by atoms with Gasteiger partial charge in [-0.15, -0.1) is 0 Å². The lowest BCUT2D eigenvalue weighted by Gasteiger charge is -2.31. The molecule has 3 aromatic rings. The van der Waals surface area contributed by atoms with Gasteiger partial charge in [0.1, 0.15) is 5.75 Å². The van der Waals surface area contributed by atoms with Gasteiger partial charge in [-0.25, -0.2) is 4.79 Å². The van der Waals surface area contributed by atoms with E-state index < -0.39 is 17.3 Å². The van der Waals surface area contributed by atoms with Gasteiger partial charge in [-0.05, 0) is 37.0 Å². The molecule has 4 rings (SSSR count). The van der Waals surface area contributed by atoms with Crippen LogP contribution in [0.15, 0.2) is 45.6 Å². The normalized spacial score (nSPS) is 13.4. The van der Waals surface area contributed by atoms with Crippen LogP contribution in [0.25, 0.3) is 11.1 Å². The number of hydrogen-bond donors (Lipinski definition) is 0. The number of aromatic nitrogens is 1. The number of hydrogen-bond acceptors (Lipinski definition) is 6. The Morgan fingerprint density at radius 1 is 1.28 bits per heavy atom. The van der Waals surface area contributed by atoms with E-state index in [0.717, 1.165) is 5.56 Å². The number of oxazole rings is 1. The molecule has 32 heavy (non-hydrogen) atoms. The van der Waals surface area contributed by atoms with E-state index in [2.05, 4.69) is 4.74 Å². The van der Waals surface area contributed by atoms with E-state index in [1.165, 1.54) is 33.7 Å². The van der Waals surface area contributed by atoms with Crippen molar-refractivity contribution >= 4 is 28.4 Å². The fourth-order valence-corrected chi connectivity index (χ4v) is 3.96. The van der Waals surface area contributed by atoms with Crippen molar-refractivity contribution in [2.75, 3.05) is 11.4 Å². The van der Waals surface area contributed by atoms with Crippen LogP contribution in [0.3, 0.4) is 0 Å². The molecule has 0 atom stereocenters. The van der Waals surface area contributed by atoms with Crippen molar-refractivity contribution in [1.82, 2.24) is 4.57 Å². The molecule has 0 saturated carbocycles. The van der Waals surface area contributed by atoms with Crippen LogP contribution < -0.4 is 15.4 Å². The number of nitrogens with zero attached hydrogens (tertiary/aromatic N) is 3. The number of rotatable bonds is 7. The van der Waals surface area contributed by atoms with Gasteiger partial charge in [0, 0.05) is 25.6 Å². The number of carbonyl (C=O) groups excluding carboxylic acids is 1. The van der Waals surface area contributed by atoms with Crippen molar-refractivity contribution < 1.29 is 27.7 Å². The number of amides is 1. The van der Waals surface area contributed by atoms with E-state index in [0.29, 0.717) is 30.6 Å². The lowest BCUT2D eigenvalue weighted by atomic mass is 10.0. The Morgan fingerprint density at radius 3 is 2.84 bits per heavy atom. The molecule has 0 fully saturated rings. The van der Waals surface area contributed by atoms with Crippen LogP contribution in [-0.4, -0.2) is 28.6 Å². The standard InChI is InChI=1S/C21H19F2N3O6/c22-20(23)31-16-6-1-4-13-5-2-11-25(19(13)16)18(27)7-3-10-24-15-9-8-14(26(29)30)12-17(15)32-21(24)28/h1,4,6,8-9,12,20H,2-3,5,7,10-11H2. The van der Waals surface area contributed by atoms with Gasteiger partial charge in [-0.1, -0.05) is 12.1 Å². The maximum Gasteiger partial charge on any atom is 0.419 e. The Hall–Kier alpha value is -3.76. The van der Waals surface area contributed by atoms with E-state index in [1.807, 2.05) is 0 Å². The zero-order valence-electron chi connectivity index (χ0n) is 16.8. The van der Waals surface area contributed by atoms with E-state index in [-0.39, 0.29) is 42.3 Å². The maximum absolute atomic E-state index is 12.9. The second kappa shape index (κ2) is 8.77. The molecule has 11 heteroatoms. The minimum Gasteiger partial charge on any atom is -0.433 e. The number of nitro groups is 1. The van der Waals surface area contributed by atoms with Crippen LogP contribution in [0, 0.1) is 10.1 Å². The van der Waals surface area contributed by atoms with Gasteiger partial charge in [0.2, 0.25) is 5.91 Å². The van der Waals surface area contributed by atoms with Crippen molar-refractivity contribution in [3.63, 3.8) is 0 Å². The van der Waals surface area contributed by atoms with Gasteiger partial charge >= 0.3 is 12.4 Å². The molecule has 0 radical (unpaired) electrons. The Bertz CT molecular complexity index is 1240. The first kappa shape index (κ1) is 21.5. The number of aryl methyl sites for hydroxylation is 2. The monoisotopic (exact) mass is 447 g/mol. The molecule has 168 valence electrons. The van der Waals surface area contributed by atoms with Crippen LogP contribution in [-0.2, 0) is 17.8 Å². The van der Waals surface area contributed by atoms with Gasteiger partial charge in [0.05, 0.1) is 22.2 Å². The highest BCUT2D eigenvalue weighted by atomic mass is 19.3. The molecule has 0 aliphatic carbocycles. The summed E-state index contributed by atoms with van der Waals surface area (Å²) in [5.41, 5.74) is 1.42. The first-order valence-corrected chi connectivity index (χ1v) is 10.00. The first-order valence-electron chi connectivity index (χ1n) is 10.00. The summed E-state index contributed by atoms with van der Waals surface area (Å²) in [6, 6.07) is 8.68. The van der Waals surface area contributed by atoms with Gasteiger partial charge < -0.3 is 14.1 Å². The Labute approximate surface area is 179 Å². The summed E-state index contributed by atoms with van der Waals surface area (Å²) in [7, 11) is 0. The third-order valence-electron chi connectivity index (χ3n) is 5.33. The number of benzene rings is 2. The molecular weight excluding hydrogens is 428 g/mol. The molecule has 0 unspecified atom stereocenters. The molecule has 9 nitrogen and oxygen atoms in total. The van der Waals surface area contributed by atoms with E-state index in [1.54, 1.807) is 12.1 Å². The largest absolute Gasteiger partial charge is 0.433 e. The summed E-state index contributed by atoms with van der Waals surface area (Å²) >= 11 is 0. The number of fused-ring (bicyclic) bond motifs is 2. The lowest BCUT2D eigenvalue weighted by Crippen LogP contribution is -2.36. The van der Waals surface area contributed by atoms with Crippen molar-refractivity contribution in [2.45, 2.75) is 38.8 Å². The maximum atomic E-state index is 12.9. The fourth-order valence-electron chi connectivity index (χ4n) is 3.96. The third kappa shape index (κ3) is 4.18. The molecular formula is C21H19F2N3O6. The Morgan fingerprint density at radius 2 is 2.09 bits per heavy atom. The Kier molecular flexibility index (Phi) is 5.89. The summed E-state index contributed by atoms with van der Waals surface area (Å²) in [5, 5.41) is 10.9. The summed E-state index contributed by atoms with van der Waals surface area (Å²) < 4.78 is 36.6. The summed E-state index contributed by atoms with van der Waals surface area (Å²) in [4.78, 5) is 36.8. The molecule has 0 bridgehead atoms. The number of anilines is 1. The predicted molar refractivity (Wildman–Crippen MR) is 110 cm³/mol. The third-order valence-corrected chi connectivity index (χ3v) is 5.33. The van der Waals surface area contributed by atoms with Gasteiger partial charge in [-0.3, -0.25) is 19.5 Å². The van der Waals surface area contributed by atoms with Crippen LogP contribution in [0.4, 0.5) is 20.2 Å². The summed E-state index contributed by atoms with van der Waals surface area (Å²) in [6.45, 7) is -2.46. The quantitative estimate of drug-likeness (QED) is 0.402. The number of non-ortho nitro benzene ring substituents is 1. The van der Waals surface area contributed by atoms with Crippen LogP contribution >= 0.6 is 0 Å². The van der Waals surface area contributed by atoms with Crippen LogP contribution in [0.2, 0.25) is 0 Å². The second-order valence-corrected chi connectivity index (χ2v) is 7.32. The number of carbonyl (C=O) groups is 1. The number of halogens is 2. The second-order valence-electron chi connectivity index (χ2n) is 7.32. The zero-order chi connectivity index (χ0) is 22.8. The number of nitro benzene ring substituents is 1. The molecule has 1 aliphatic rings. The zero-order valence-corrected chi connectivity index (χ0v) is 16.8. The van der Waals surface area contributed by atoms with Gasteiger partial charge in [-0.2, -0.15) is 8.78 Å². The van der Waals surface area contributed by atoms with Crippen molar-refractivity contribution in [3.05, 3.63) is 62.6 Å². The number of para-hydroxylation sites is 1. The van der Waals surface area contributed by atoms with Crippen molar-refractivity contribution in [3.8, 4) is 5.75 Å². The van der Waals surface area contributed by atoms with Crippen LogP contribution in [0.5, 0.6) is 5.75 Å².